The lowest BCUT2D eigenvalue weighted by atomic mass is 10.0. The molecule has 0 atom stereocenters. The van der Waals surface area contributed by atoms with Crippen LogP contribution >= 0.6 is 0 Å². The number of nitrogen functional groups attached to an aromatic ring is 1. The van der Waals surface area contributed by atoms with Gasteiger partial charge >= 0.3 is 0 Å². The van der Waals surface area contributed by atoms with Crippen molar-refractivity contribution in [2.45, 2.75) is 26.4 Å². The van der Waals surface area contributed by atoms with Gasteiger partial charge in [0.2, 0.25) is 0 Å². The highest BCUT2D eigenvalue weighted by molar-refractivity contribution is 5.71. The third-order valence-electron chi connectivity index (χ3n) is 3.44. The van der Waals surface area contributed by atoms with Crippen LogP contribution in [-0.2, 0) is 17.8 Å². The largest absolute Gasteiger partial charge is 0.493 e. The molecule has 2 N–H and O–H groups in total. The molecule has 3 rings (SSSR count). The fourth-order valence-electron chi connectivity index (χ4n) is 2.50. The van der Waals surface area contributed by atoms with Gasteiger partial charge in [0.05, 0.1) is 12.3 Å². The van der Waals surface area contributed by atoms with Crippen molar-refractivity contribution >= 4 is 5.82 Å². The number of ether oxygens (including phenoxy) is 2. The Balaban J connectivity index is 2.02. The number of aromatic nitrogens is 2. The highest BCUT2D eigenvalue weighted by Gasteiger charge is 2.17. The van der Waals surface area contributed by atoms with Crippen molar-refractivity contribution in [1.82, 2.24) is 9.97 Å². The number of benzene rings is 1. The van der Waals surface area contributed by atoms with Crippen LogP contribution in [0.5, 0.6) is 5.75 Å². The zero-order chi connectivity index (χ0) is 14.7. The molecule has 0 unspecified atom stereocenters. The molecule has 1 aromatic carbocycles. The number of rotatable bonds is 4. The number of nitrogens with two attached hydrogens (primary N) is 1. The molecule has 1 aliphatic heterocycles. The van der Waals surface area contributed by atoms with Crippen molar-refractivity contribution < 1.29 is 9.47 Å². The van der Waals surface area contributed by atoms with Gasteiger partial charge in [0.1, 0.15) is 18.2 Å². The second kappa shape index (κ2) is 6.10. The zero-order valence-corrected chi connectivity index (χ0v) is 12.1. The van der Waals surface area contributed by atoms with Crippen LogP contribution in [0.2, 0.25) is 0 Å². The molecule has 5 nitrogen and oxygen atoms in total. The number of nitrogens with zero attached hydrogens (tertiary/aromatic N) is 2. The molecular formula is C16H19N3O2. The van der Waals surface area contributed by atoms with Gasteiger partial charge in [-0.25, -0.2) is 9.97 Å². The Morgan fingerprint density at radius 3 is 3.10 bits per heavy atom. The maximum absolute atomic E-state index is 5.90. The molecule has 2 aromatic rings. The normalized spacial score (nSPS) is 13.6. The van der Waals surface area contributed by atoms with E-state index in [1.54, 1.807) is 6.07 Å². The molecular weight excluding hydrogens is 266 g/mol. The van der Waals surface area contributed by atoms with Gasteiger partial charge in [-0.2, -0.15) is 0 Å². The van der Waals surface area contributed by atoms with Crippen molar-refractivity contribution in [2.75, 3.05) is 18.9 Å². The van der Waals surface area contributed by atoms with E-state index in [0.717, 1.165) is 36.5 Å². The Kier molecular flexibility index (Phi) is 4.01. The molecule has 2 heterocycles. The Morgan fingerprint density at radius 2 is 2.24 bits per heavy atom. The number of fused-ring (bicyclic) bond motifs is 1. The molecule has 0 saturated heterocycles. The summed E-state index contributed by atoms with van der Waals surface area (Å²) in [6, 6.07) is 7.92. The second-order valence-electron chi connectivity index (χ2n) is 4.98. The van der Waals surface area contributed by atoms with Crippen molar-refractivity contribution in [2.24, 2.45) is 0 Å². The number of hydrogen-bond donors (Lipinski definition) is 1. The van der Waals surface area contributed by atoms with Gasteiger partial charge in [0.25, 0.3) is 0 Å². The van der Waals surface area contributed by atoms with Crippen LogP contribution in [0.4, 0.5) is 5.82 Å². The minimum absolute atomic E-state index is 0.365. The summed E-state index contributed by atoms with van der Waals surface area (Å²) in [4.78, 5) is 8.76. The van der Waals surface area contributed by atoms with E-state index in [9.17, 15) is 0 Å². The average Bonchev–Trinajstić information content (AvgIpc) is 2.52. The Hall–Kier alpha value is -2.14. The van der Waals surface area contributed by atoms with E-state index in [2.05, 4.69) is 16.0 Å². The first-order valence-electron chi connectivity index (χ1n) is 7.24. The fraction of sp³-hybridized carbons (Fsp3) is 0.375. The van der Waals surface area contributed by atoms with Gasteiger partial charge in [-0.15, -0.1) is 0 Å². The first kappa shape index (κ1) is 13.8. The highest BCUT2D eigenvalue weighted by atomic mass is 16.5. The fourth-order valence-corrected chi connectivity index (χ4v) is 2.50. The highest BCUT2D eigenvalue weighted by Crippen LogP contribution is 2.35. The molecule has 0 bridgehead atoms. The number of aryl methyl sites for hydroxylation is 1. The molecule has 0 fully saturated rings. The van der Waals surface area contributed by atoms with E-state index in [-0.39, 0.29) is 0 Å². The zero-order valence-electron chi connectivity index (χ0n) is 12.1. The first-order valence-corrected chi connectivity index (χ1v) is 7.24. The molecule has 1 aromatic heterocycles. The van der Waals surface area contributed by atoms with Crippen molar-refractivity contribution in [1.29, 1.82) is 0 Å². The summed E-state index contributed by atoms with van der Waals surface area (Å²) < 4.78 is 11.2. The minimum Gasteiger partial charge on any atom is -0.493 e. The molecule has 0 aliphatic carbocycles. The number of anilines is 1. The van der Waals surface area contributed by atoms with Gasteiger partial charge < -0.3 is 15.2 Å². The molecule has 0 amide bonds. The van der Waals surface area contributed by atoms with E-state index in [4.69, 9.17) is 15.2 Å². The van der Waals surface area contributed by atoms with Crippen molar-refractivity contribution in [3.05, 3.63) is 35.7 Å². The van der Waals surface area contributed by atoms with E-state index < -0.39 is 0 Å². The van der Waals surface area contributed by atoms with E-state index in [1.165, 1.54) is 5.56 Å². The summed E-state index contributed by atoms with van der Waals surface area (Å²) in [5.41, 5.74) is 8.88. The molecule has 0 saturated carbocycles. The first-order chi connectivity index (χ1) is 10.3. The van der Waals surface area contributed by atoms with Crippen LogP contribution in [0.1, 0.15) is 24.7 Å². The van der Waals surface area contributed by atoms with Crippen LogP contribution < -0.4 is 10.5 Å². The van der Waals surface area contributed by atoms with Crippen LogP contribution in [0, 0.1) is 0 Å². The Bertz CT molecular complexity index is 643. The average molecular weight is 285 g/mol. The number of hydrogen-bond acceptors (Lipinski definition) is 5. The van der Waals surface area contributed by atoms with E-state index >= 15 is 0 Å². The van der Waals surface area contributed by atoms with Gasteiger partial charge in [0, 0.05) is 18.2 Å². The summed E-state index contributed by atoms with van der Waals surface area (Å²) in [7, 11) is 0. The molecule has 21 heavy (non-hydrogen) atoms. The molecule has 110 valence electrons. The van der Waals surface area contributed by atoms with Crippen molar-refractivity contribution in [3.63, 3.8) is 0 Å². The topological polar surface area (TPSA) is 70.3 Å². The van der Waals surface area contributed by atoms with Gasteiger partial charge in [-0.1, -0.05) is 12.1 Å². The van der Waals surface area contributed by atoms with Crippen molar-refractivity contribution in [3.8, 4) is 17.0 Å². The third-order valence-corrected chi connectivity index (χ3v) is 3.44. The molecule has 0 radical (unpaired) electrons. The lowest BCUT2D eigenvalue weighted by Gasteiger charge is -2.20. The predicted octanol–water partition coefficient (Wildman–Crippen LogP) is 2.59. The van der Waals surface area contributed by atoms with Crippen LogP contribution in [0.25, 0.3) is 11.3 Å². The monoisotopic (exact) mass is 285 g/mol. The SMILES string of the molecule is CCOCc1nc(N)cc(-c2cccc3c2OCCC3)n1. The van der Waals surface area contributed by atoms with Gasteiger partial charge in [-0.3, -0.25) is 0 Å². The van der Waals surface area contributed by atoms with Crippen LogP contribution in [0.3, 0.4) is 0 Å². The third kappa shape index (κ3) is 2.97. The summed E-state index contributed by atoms with van der Waals surface area (Å²) in [5.74, 6) is 1.97. The second-order valence-corrected chi connectivity index (χ2v) is 4.98. The Labute approximate surface area is 124 Å². The summed E-state index contributed by atoms with van der Waals surface area (Å²) in [5, 5.41) is 0. The maximum atomic E-state index is 5.90. The molecule has 5 heteroatoms. The molecule has 0 spiro atoms. The van der Waals surface area contributed by atoms with E-state index in [1.807, 2.05) is 19.1 Å². The smallest absolute Gasteiger partial charge is 0.157 e. The van der Waals surface area contributed by atoms with E-state index in [0.29, 0.717) is 24.9 Å². The van der Waals surface area contributed by atoms with Gasteiger partial charge in [0.15, 0.2) is 5.82 Å². The standard InChI is InChI=1S/C16H19N3O2/c1-2-20-10-15-18-13(9-14(17)19-15)12-7-3-5-11-6-4-8-21-16(11)12/h3,5,7,9H,2,4,6,8,10H2,1H3,(H2,17,18,19). The Morgan fingerprint density at radius 1 is 1.33 bits per heavy atom. The minimum atomic E-state index is 0.365. The summed E-state index contributed by atoms with van der Waals surface area (Å²) in [6.45, 7) is 3.67. The lowest BCUT2D eigenvalue weighted by molar-refractivity contribution is 0.128. The lowest BCUT2D eigenvalue weighted by Crippen LogP contribution is -2.10. The van der Waals surface area contributed by atoms with Gasteiger partial charge in [-0.05, 0) is 31.4 Å². The van der Waals surface area contributed by atoms with Crippen LogP contribution in [0.15, 0.2) is 24.3 Å². The number of para-hydroxylation sites is 1. The maximum Gasteiger partial charge on any atom is 0.157 e. The van der Waals surface area contributed by atoms with Crippen LogP contribution in [-0.4, -0.2) is 23.2 Å². The molecule has 1 aliphatic rings. The summed E-state index contributed by atoms with van der Waals surface area (Å²) in [6.07, 6.45) is 2.09. The quantitative estimate of drug-likeness (QED) is 0.935. The summed E-state index contributed by atoms with van der Waals surface area (Å²) >= 11 is 0. The predicted molar refractivity (Wildman–Crippen MR) is 81.0 cm³/mol.